The first-order valence-corrected chi connectivity index (χ1v) is 12.6. The number of amides is 2. The molecule has 0 atom stereocenters. The van der Waals surface area contributed by atoms with Crippen LogP contribution in [-0.4, -0.2) is 76.4 Å². The van der Waals surface area contributed by atoms with Gasteiger partial charge in [-0.25, -0.2) is 0 Å². The molecule has 2 heterocycles. The number of hydrogen-bond donors (Lipinski definition) is 0. The van der Waals surface area contributed by atoms with Gasteiger partial charge in [0.05, 0.1) is 22.9 Å². The molecule has 1 saturated carbocycles. The second kappa shape index (κ2) is 9.98. The highest BCUT2D eigenvalue weighted by Crippen LogP contribution is 2.38. The van der Waals surface area contributed by atoms with Crippen molar-refractivity contribution in [1.29, 1.82) is 5.26 Å². The third-order valence-electron chi connectivity index (χ3n) is 7.23. The van der Waals surface area contributed by atoms with E-state index < -0.39 is 28.7 Å². The van der Waals surface area contributed by atoms with Crippen LogP contribution in [0.15, 0.2) is 18.2 Å². The molecule has 0 bridgehead atoms. The summed E-state index contributed by atoms with van der Waals surface area (Å²) in [5.74, 6) is 0.135. The zero-order valence-corrected chi connectivity index (χ0v) is 21.3. The molecule has 3 aliphatic rings. The van der Waals surface area contributed by atoms with Crippen LogP contribution in [0.4, 0.5) is 18.9 Å². The largest absolute Gasteiger partial charge is 0.417 e. The molecule has 3 fully saturated rings. The number of alkyl halides is 3. The van der Waals surface area contributed by atoms with Crippen molar-refractivity contribution in [3.05, 3.63) is 29.3 Å². The Kier molecular flexibility index (Phi) is 7.30. The van der Waals surface area contributed by atoms with E-state index in [1.807, 2.05) is 4.90 Å². The monoisotopic (exact) mass is 521 g/mol. The van der Waals surface area contributed by atoms with Gasteiger partial charge < -0.3 is 9.80 Å². The van der Waals surface area contributed by atoms with Crippen molar-refractivity contribution in [3.63, 3.8) is 0 Å². The van der Waals surface area contributed by atoms with Gasteiger partial charge in [0.2, 0.25) is 5.91 Å². The van der Waals surface area contributed by atoms with Crippen molar-refractivity contribution in [2.75, 3.05) is 44.2 Å². The SMILES string of the molecule is CC1(C)C(=O)N(c2ccc(C#N)c(C(F)(F)F)c2)C(=S)N1CCCCN1CCN(C(=O)C2CC2)CC1. The summed E-state index contributed by atoms with van der Waals surface area (Å²) in [5, 5.41) is 9.22. The number of piperazine rings is 1. The molecule has 1 aliphatic carbocycles. The summed E-state index contributed by atoms with van der Waals surface area (Å²) in [6.07, 6.45) is -1.07. The van der Waals surface area contributed by atoms with E-state index in [0.717, 1.165) is 75.4 Å². The maximum Gasteiger partial charge on any atom is 0.417 e. The normalized spacial score (nSPS) is 20.7. The van der Waals surface area contributed by atoms with Crippen molar-refractivity contribution in [3.8, 4) is 6.07 Å². The summed E-state index contributed by atoms with van der Waals surface area (Å²) in [4.78, 5) is 32.6. The number of hydrogen-bond acceptors (Lipinski definition) is 5. The standard InChI is InChI=1S/C25H30F3N5O2S/c1-24(2)22(35)33(19-8-7-18(16-29)20(15-19)25(26,27)28)23(36)32(24)10-4-3-9-30-11-13-31(14-12-30)21(34)17-5-6-17/h7-8,15,17H,3-6,9-14H2,1-2H3. The van der Waals surface area contributed by atoms with E-state index in [0.29, 0.717) is 12.5 Å². The second-order valence-electron chi connectivity index (χ2n) is 10.1. The van der Waals surface area contributed by atoms with Gasteiger partial charge in [-0.05, 0) is 76.5 Å². The molecule has 4 rings (SSSR count). The van der Waals surface area contributed by atoms with Crippen LogP contribution in [0.25, 0.3) is 0 Å². The Balaban J connectivity index is 1.34. The first-order chi connectivity index (χ1) is 16.9. The lowest BCUT2D eigenvalue weighted by molar-refractivity contribution is -0.138. The summed E-state index contributed by atoms with van der Waals surface area (Å²) in [5.41, 5.74) is -2.59. The lowest BCUT2D eigenvalue weighted by Gasteiger charge is -2.35. The highest BCUT2D eigenvalue weighted by atomic mass is 32.1. The van der Waals surface area contributed by atoms with E-state index in [4.69, 9.17) is 17.5 Å². The number of nitriles is 1. The summed E-state index contributed by atoms with van der Waals surface area (Å²) in [6.45, 7) is 8.00. The van der Waals surface area contributed by atoms with E-state index in [1.165, 1.54) is 6.07 Å². The predicted molar refractivity (Wildman–Crippen MR) is 132 cm³/mol. The molecule has 2 aliphatic heterocycles. The molecule has 7 nitrogen and oxygen atoms in total. The van der Waals surface area contributed by atoms with Crippen LogP contribution in [0.2, 0.25) is 0 Å². The fraction of sp³-hybridized carbons (Fsp3) is 0.600. The average Bonchev–Trinajstić information content (AvgIpc) is 3.66. The molecule has 36 heavy (non-hydrogen) atoms. The van der Waals surface area contributed by atoms with Gasteiger partial charge >= 0.3 is 6.18 Å². The Morgan fingerprint density at radius 3 is 2.36 bits per heavy atom. The third-order valence-corrected chi connectivity index (χ3v) is 7.63. The van der Waals surface area contributed by atoms with Crippen LogP contribution >= 0.6 is 12.2 Å². The Morgan fingerprint density at radius 2 is 1.78 bits per heavy atom. The summed E-state index contributed by atoms with van der Waals surface area (Å²) >= 11 is 5.54. The van der Waals surface area contributed by atoms with Crippen LogP contribution in [0.3, 0.4) is 0 Å². The molecular formula is C25H30F3N5O2S. The van der Waals surface area contributed by atoms with Gasteiger partial charge in [0.1, 0.15) is 5.54 Å². The zero-order valence-electron chi connectivity index (χ0n) is 20.5. The Morgan fingerprint density at radius 1 is 1.14 bits per heavy atom. The molecule has 0 aromatic heterocycles. The number of halogens is 3. The molecule has 0 radical (unpaired) electrons. The number of anilines is 1. The van der Waals surface area contributed by atoms with Crippen molar-refractivity contribution in [1.82, 2.24) is 14.7 Å². The van der Waals surface area contributed by atoms with Gasteiger partial charge in [-0.1, -0.05) is 0 Å². The van der Waals surface area contributed by atoms with Crippen LogP contribution < -0.4 is 4.90 Å². The van der Waals surface area contributed by atoms with Crippen LogP contribution in [-0.2, 0) is 15.8 Å². The third kappa shape index (κ3) is 5.20. The molecular weight excluding hydrogens is 491 g/mol. The molecule has 1 aromatic carbocycles. The quantitative estimate of drug-likeness (QED) is 0.403. The highest BCUT2D eigenvalue weighted by Gasteiger charge is 2.49. The maximum absolute atomic E-state index is 13.5. The minimum atomic E-state index is -4.72. The predicted octanol–water partition coefficient (Wildman–Crippen LogP) is 3.62. The van der Waals surface area contributed by atoms with Gasteiger partial charge in [0.15, 0.2) is 5.11 Å². The summed E-state index contributed by atoms with van der Waals surface area (Å²) in [7, 11) is 0. The Hall–Kier alpha value is -2.71. The van der Waals surface area contributed by atoms with Gasteiger partial charge in [0.25, 0.3) is 5.91 Å². The van der Waals surface area contributed by atoms with Gasteiger partial charge in [-0.15, -0.1) is 0 Å². The zero-order chi connectivity index (χ0) is 26.3. The summed E-state index contributed by atoms with van der Waals surface area (Å²) in [6, 6.07) is 4.77. The number of rotatable bonds is 7. The molecule has 0 unspecified atom stereocenters. The minimum absolute atomic E-state index is 0.00511. The smallest absolute Gasteiger partial charge is 0.340 e. The number of nitrogens with zero attached hydrogens (tertiary/aromatic N) is 5. The van der Waals surface area contributed by atoms with Gasteiger partial charge in [-0.3, -0.25) is 19.4 Å². The number of unbranched alkanes of at least 4 members (excludes halogenated alkanes) is 1. The van der Waals surface area contributed by atoms with E-state index in [-0.39, 0.29) is 16.7 Å². The molecule has 2 amide bonds. The topological polar surface area (TPSA) is 70.9 Å². The van der Waals surface area contributed by atoms with E-state index in [1.54, 1.807) is 24.8 Å². The number of carbonyl (C=O) groups excluding carboxylic acids is 2. The second-order valence-corrected chi connectivity index (χ2v) is 10.5. The number of benzene rings is 1. The van der Waals surface area contributed by atoms with Gasteiger partial charge in [-0.2, -0.15) is 18.4 Å². The lowest BCUT2D eigenvalue weighted by atomic mass is 10.0. The fourth-order valence-corrected chi connectivity index (χ4v) is 5.34. The number of thiocarbonyl (C=S) groups is 1. The summed E-state index contributed by atoms with van der Waals surface area (Å²) < 4.78 is 40.4. The maximum atomic E-state index is 13.5. The fourth-order valence-electron chi connectivity index (χ4n) is 4.83. The molecule has 0 spiro atoms. The van der Waals surface area contributed by atoms with Crippen molar-refractivity contribution >= 4 is 34.8 Å². The molecule has 194 valence electrons. The lowest BCUT2D eigenvalue weighted by Crippen LogP contribution is -2.49. The number of carbonyl (C=O) groups is 2. The van der Waals surface area contributed by atoms with Crippen molar-refractivity contribution in [2.45, 2.75) is 51.2 Å². The van der Waals surface area contributed by atoms with E-state index in [9.17, 15) is 22.8 Å². The Bertz CT molecular complexity index is 1090. The van der Waals surface area contributed by atoms with Crippen LogP contribution in [0, 0.1) is 17.2 Å². The van der Waals surface area contributed by atoms with Crippen molar-refractivity contribution in [2.24, 2.45) is 5.92 Å². The first kappa shape index (κ1) is 26.4. The minimum Gasteiger partial charge on any atom is -0.340 e. The van der Waals surface area contributed by atoms with Crippen LogP contribution in [0.5, 0.6) is 0 Å². The van der Waals surface area contributed by atoms with E-state index in [2.05, 4.69) is 4.90 Å². The molecule has 1 aromatic rings. The molecule has 0 N–H and O–H groups in total. The van der Waals surface area contributed by atoms with Gasteiger partial charge in [0, 0.05) is 38.6 Å². The Labute approximate surface area is 214 Å². The van der Waals surface area contributed by atoms with E-state index >= 15 is 0 Å². The van der Waals surface area contributed by atoms with Crippen molar-refractivity contribution < 1.29 is 22.8 Å². The first-order valence-electron chi connectivity index (χ1n) is 12.2. The molecule has 2 saturated heterocycles. The average molecular weight is 522 g/mol. The molecule has 11 heteroatoms. The highest BCUT2D eigenvalue weighted by molar-refractivity contribution is 7.80. The van der Waals surface area contributed by atoms with Crippen LogP contribution in [0.1, 0.15) is 50.7 Å².